The number of carbonyl (C=O) groups excluding carboxylic acids is 1. The highest BCUT2D eigenvalue weighted by Crippen LogP contribution is 2.29. The van der Waals surface area contributed by atoms with Gasteiger partial charge >= 0.3 is 5.97 Å². The first-order valence-electron chi connectivity index (χ1n) is 7.97. The van der Waals surface area contributed by atoms with Crippen LogP contribution < -0.4 is 10.6 Å². The Morgan fingerprint density at radius 1 is 1.10 bits per heavy atom. The lowest BCUT2D eigenvalue weighted by molar-refractivity contribution is -0.144. The van der Waals surface area contributed by atoms with Crippen molar-refractivity contribution >= 4 is 11.9 Å². The molecule has 1 saturated carbocycles. The topological polar surface area (TPSA) is 87.7 Å². The number of rotatable bonds is 6. The molecule has 2 aliphatic rings. The molecule has 0 spiro atoms. The van der Waals surface area contributed by atoms with Crippen molar-refractivity contribution in [2.75, 3.05) is 26.3 Å². The summed E-state index contributed by atoms with van der Waals surface area (Å²) >= 11 is 0. The summed E-state index contributed by atoms with van der Waals surface area (Å²) in [5.41, 5.74) is 0. The van der Waals surface area contributed by atoms with Gasteiger partial charge in [-0.1, -0.05) is 12.8 Å². The van der Waals surface area contributed by atoms with Crippen molar-refractivity contribution in [1.82, 2.24) is 10.6 Å². The van der Waals surface area contributed by atoms with Gasteiger partial charge in [0.05, 0.1) is 12.5 Å². The molecule has 21 heavy (non-hydrogen) atoms. The van der Waals surface area contributed by atoms with Crippen molar-refractivity contribution in [3.63, 3.8) is 0 Å². The minimum Gasteiger partial charge on any atom is -0.481 e. The minimum absolute atomic E-state index is 0.00964. The highest BCUT2D eigenvalue weighted by molar-refractivity contribution is 5.78. The number of carboxylic acids is 1. The molecular formula is C15H26N2O4. The van der Waals surface area contributed by atoms with E-state index in [1.165, 1.54) is 0 Å². The van der Waals surface area contributed by atoms with Gasteiger partial charge in [0, 0.05) is 19.3 Å². The van der Waals surface area contributed by atoms with Crippen molar-refractivity contribution in [2.24, 2.45) is 11.8 Å². The van der Waals surface area contributed by atoms with Crippen LogP contribution in [0.4, 0.5) is 0 Å². The average molecular weight is 298 g/mol. The number of hydrogen-bond donors (Lipinski definition) is 3. The van der Waals surface area contributed by atoms with Gasteiger partial charge in [-0.05, 0) is 38.1 Å². The van der Waals surface area contributed by atoms with Gasteiger partial charge in [0.2, 0.25) is 5.91 Å². The Hall–Kier alpha value is -1.14. The third-order valence-corrected chi connectivity index (χ3v) is 4.50. The summed E-state index contributed by atoms with van der Waals surface area (Å²) < 4.78 is 5.25. The van der Waals surface area contributed by atoms with Crippen LogP contribution in [0.25, 0.3) is 0 Å². The third-order valence-electron chi connectivity index (χ3n) is 4.50. The zero-order valence-electron chi connectivity index (χ0n) is 12.5. The van der Waals surface area contributed by atoms with Crippen LogP contribution in [0.2, 0.25) is 0 Å². The van der Waals surface area contributed by atoms with Gasteiger partial charge in [-0.15, -0.1) is 0 Å². The molecule has 0 aromatic carbocycles. The van der Waals surface area contributed by atoms with Crippen molar-refractivity contribution in [1.29, 1.82) is 0 Å². The standard InChI is InChI=1S/C15H26N2O4/c18-14(17-12-5-7-21-8-6-12)10-16-9-11-3-1-2-4-13(11)15(19)20/h11-13,16H,1-10H2,(H,17,18)(H,19,20). The molecule has 120 valence electrons. The Balaban J connectivity index is 1.65. The molecule has 0 aromatic heterocycles. The highest BCUT2D eigenvalue weighted by atomic mass is 16.5. The second-order valence-corrected chi connectivity index (χ2v) is 6.07. The first-order chi connectivity index (χ1) is 10.2. The fourth-order valence-electron chi connectivity index (χ4n) is 3.27. The molecule has 2 fully saturated rings. The molecule has 3 N–H and O–H groups in total. The molecule has 2 rings (SSSR count). The van der Waals surface area contributed by atoms with Gasteiger partial charge in [-0.2, -0.15) is 0 Å². The second-order valence-electron chi connectivity index (χ2n) is 6.07. The van der Waals surface area contributed by atoms with Crippen LogP contribution in [-0.4, -0.2) is 49.3 Å². The van der Waals surface area contributed by atoms with Gasteiger partial charge in [0.25, 0.3) is 0 Å². The number of carbonyl (C=O) groups is 2. The van der Waals surface area contributed by atoms with E-state index in [-0.39, 0.29) is 30.3 Å². The maximum absolute atomic E-state index is 11.8. The van der Waals surface area contributed by atoms with Crippen molar-refractivity contribution in [2.45, 2.75) is 44.6 Å². The zero-order chi connectivity index (χ0) is 15.1. The summed E-state index contributed by atoms with van der Waals surface area (Å²) in [6.07, 6.45) is 5.52. The molecule has 0 bridgehead atoms. The fourth-order valence-corrected chi connectivity index (χ4v) is 3.27. The quantitative estimate of drug-likeness (QED) is 0.674. The maximum atomic E-state index is 11.8. The molecule has 1 aliphatic carbocycles. The Bertz CT molecular complexity index is 356. The lowest BCUT2D eigenvalue weighted by Gasteiger charge is -2.28. The summed E-state index contributed by atoms with van der Waals surface area (Å²) in [4.78, 5) is 23.0. The highest BCUT2D eigenvalue weighted by Gasteiger charge is 2.30. The first-order valence-corrected chi connectivity index (χ1v) is 7.97. The molecule has 0 aromatic rings. The number of nitrogens with one attached hydrogen (secondary N) is 2. The van der Waals surface area contributed by atoms with Crippen LogP contribution in [0.3, 0.4) is 0 Å². The zero-order valence-corrected chi connectivity index (χ0v) is 12.5. The summed E-state index contributed by atoms with van der Waals surface area (Å²) in [6.45, 7) is 2.29. The largest absolute Gasteiger partial charge is 0.481 e. The molecule has 1 saturated heterocycles. The van der Waals surface area contributed by atoms with Gasteiger partial charge < -0.3 is 20.5 Å². The van der Waals surface area contributed by atoms with E-state index >= 15 is 0 Å². The van der Waals surface area contributed by atoms with Gasteiger partial charge in [-0.25, -0.2) is 0 Å². The lowest BCUT2D eigenvalue weighted by Crippen LogP contribution is -2.44. The molecule has 1 amide bonds. The summed E-state index contributed by atoms with van der Waals surface area (Å²) in [5, 5.41) is 15.3. The Morgan fingerprint density at radius 2 is 1.81 bits per heavy atom. The van der Waals surface area contributed by atoms with E-state index in [1.807, 2.05) is 0 Å². The molecule has 2 unspecified atom stereocenters. The Labute approximate surface area is 125 Å². The van der Waals surface area contributed by atoms with Gasteiger partial charge in [0.15, 0.2) is 0 Å². The van der Waals surface area contributed by atoms with E-state index in [9.17, 15) is 14.7 Å². The lowest BCUT2D eigenvalue weighted by atomic mass is 9.79. The van der Waals surface area contributed by atoms with Crippen LogP contribution in [0.15, 0.2) is 0 Å². The average Bonchev–Trinajstić information content (AvgIpc) is 2.48. The summed E-state index contributed by atoms with van der Waals surface area (Å²) in [5.74, 6) is -0.824. The predicted molar refractivity (Wildman–Crippen MR) is 77.9 cm³/mol. The number of ether oxygens (including phenoxy) is 1. The molecule has 2 atom stereocenters. The molecular weight excluding hydrogens is 272 g/mol. The van der Waals surface area contributed by atoms with Crippen LogP contribution in [0, 0.1) is 11.8 Å². The molecule has 1 aliphatic heterocycles. The van der Waals surface area contributed by atoms with E-state index in [2.05, 4.69) is 10.6 Å². The maximum Gasteiger partial charge on any atom is 0.306 e. The van der Waals surface area contributed by atoms with Crippen LogP contribution >= 0.6 is 0 Å². The normalized spacial score (nSPS) is 27.2. The number of aliphatic carboxylic acids is 1. The SMILES string of the molecule is O=C(CNCC1CCCCC1C(=O)O)NC1CCOCC1. The van der Waals surface area contributed by atoms with E-state index in [4.69, 9.17) is 4.74 Å². The molecule has 6 nitrogen and oxygen atoms in total. The fraction of sp³-hybridized carbons (Fsp3) is 0.867. The van der Waals surface area contributed by atoms with E-state index in [1.54, 1.807) is 0 Å². The Kier molecular flexibility index (Phi) is 6.45. The number of amides is 1. The van der Waals surface area contributed by atoms with Crippen LogP contribution in [-0.2, 0) is 14.3 Å². The summed E-state index contributed by atoms with van der Waals surface area (Å²) in [7, 11) is 0. The second kappa shape index (κ2) is 8.34. The summed E-state index contributed by atoms with van der Waals surface area (Å²) in [6, 6.07) is 0.217. The predicted octanol–water partition coefficient (Wildman–Crippen LogP) is 0.762. The van der Waals surface area contributed by atoms with E-state index < -0.39 is 5.97 Å². The third kappa shape index (κ3) is 5.28. The number of hydrogen-bond acceptors (Lipinski definition) is 4. The van der Waals surface area contributed by atoms with Crippen molar-refractivity contribution in [3.8, 4) is 0 Å². The smallest absolute Gasteiger partial charge is 0.306 e. The molecule has 6 heteroatoms. The minimum atomic E-state index is -0.701. The Morgan fingerprint density at radius 3 is 2.52 bits per heavy atom. The van der Waals surface area contributed by atoms with Gasteiger partial charge in [0.1, 0.15) is 0 Å². The van der Waals surface area contributed by atoms with E-state index in [0.717, 1.165) is 38.5 Å². The van der Waals surface area contributed by atoms with Gasteiger partial charge in [-0.3, -0.25) is 9.59 Å². The van der Waals surface area contributed by atoms with Crippen LogP contribution in [0.5, 0.6) is 0 Å². The van der Waals surface area contributed by atoms with Crippen molar-refractivity contribution < 1.29 is 19.4 Å². The number of carboxylic acid groups (broad SMARTS) is 1. The van der Waals surface area contributed by atoms with Crippen LogP contribution in [0.1, 0.15) is 38.5 Å². The van der Waals surface area contributed by atoms with E-state index in [0.29, 0.717) is 19.8 Å². The molecule has 1 heterocycles. The molecule has 0 radical (unpaired) electrons. The monoisotopic (exact) mass is 298 g/mol. The first kappa shape index (κ1) is 16.2. The van der Waals surface area contributed by atoms with Crippen molar-refractivity contribution in [3.05, 3.63) is 0 Å².